The van der Waals surface area contributed by atoms with Gasteiger partial charge >= 0.3 is 0 Å². The summed E-state index contributed by atoms with van der Waals surface area (Å²) < 4.78 is 11.4. The lowest BCUT2D eigenvalue weighted by Gasteiger charge is -2.33. The van der Waals surface area contributed by atoms with Gasteiger partial charge in [-0.2, -0.15) is 0 Å². The summed E-state index contributed by atoms with van der Waals surface area (Å²) in [5, 5.41) is 16.6. The zero-order valence-corrected chi connectivity index (χ0v) is 18.7. The van der Waals surface area contributed by atoms with Crippen molar-refractivity contribution in [2.24, 2.45) is 0 Å². The van der Waals surface area contributed by atoms with E-state index in [-0.39, 0.29) is 17.7 Å². The smallest absolute Gasteiger partial charge is 0.287 e. The van der Waals surface area contributed by atoms with Gasteiger partial charge in [0.1, 0.15) is 23.0 Å². The van der Waals surface area contributed by atoms with Crippen LogP contribution >= 0.6 is 23.2 Å². The molecular weight excluding hydrogens is 451 g/mol. The molecule has 0 spiro atoms. The third-order valence-electron chi connectivity index (χ3n) is 5.89. The summed E-state index contributed by atoms with van der Waals surface area (Å²) in [6.07, 6.45) is 0.857. The fourth-order valence-electron chi connectivity index (χ4n) is 4.17. The molecule has 4 aromatic rings. The van der Waals surface area contributed by atoms with Gasteiger partial charge in [-0.25, -0.2) is 0 Å². The fraction of sp³-hybridized carbons (Fsp3) is 0.292. The predicted octanol–water partition coefficient (Wildman–Crippen LogP) is 5.41. The van der Waals surface area contributed by atoms with E-state index in [2.05, 4.69) is 10.2 Å². The molecule has 3 heterocycles. The Hall–Kier alpha value is -2.51. The van der Waals surface area contributed by atoms with Gasteiger partial charge in [-0.05, 0) is 55.3 Å². The van der Waals surface area contributed by atoms with Crippen LogP contribution in [0.1, 0.15) is 35.3 Å². The van der Waals surface area contributed by atoms with Crippen molar-refractivity contribution in [3.8, 4) is 0 Å². The number of piperidine rings is 1. The molecule has 1 atom stereocenters. The number of furan rings is 2. The van der Waals surface area contributed by atoms with E-state index >= 15 is 0 Å². The van der Waals surface area contributed by atoms with Crippen molar-refractivity contribution in [2.45, 2.75) is 25.0 Å². The van der Waals surface area contributed by atoms with Crippen molar-refractivity contribution in [2.75, 3.05) is 19.6 Å². The number of hydrogen-bond donors (Lipinski definition) is 2. The highest BCUT2D eigenvalue weighted by molar-refractivity contribution is 6.31. The van der Waals surface area contributed by atoms with E-state index in [1.54, 1.807) is 36.4 Å². The quantitative estimate of drug-likeness (QED) is 0.405. The van der Waals surface area contributed by atoms with E-state index in [1.165, 1.54) is 0 Å². The minimum absolute atomic E-state index is 0.0565. The summed E-state index contributed by atoms with van der Waals surface area (Å²) >= 11 is 12.0. The van der Waals surface area contributed by atoms with Crippen molar-refractivity contribution in [3.05, 3.63) is 70.1 Å². The fourth-order valence-corrected chi connectivity index (χ4v) is 4.51. The molecule has 8 heteroatoms. The zero-order chi connectivity index (χ0) is 22.2. The van der Waals surface area contributed by atoms with Gasteiger partial charge in [-0.3, -0.25) is 4.79 Å². The number of carbonyl (C=O) groups excluding carboxylic acids is 1. The zero-order valence-electron chi connectivity index (χ0n) is 17.2. The van der Waals surface area contributed by atoms with Crippen LogP contribution in [0.2, 0.25) is 10.0 Å². The maximum absolute atomic E-state index is 12.6. The molecule has 1 fully saturated rings. The molecule has 2 N–H and O–H groups in total. The second kappa shape index (κ2) is 8.79. The van der Waals surface area contributed by atoms with E-state index in [9.17, 15) is 9.90 Å². The Morgan fingerprint density at radius 2 is 1.75 bits per heavy atom. The van der Waals surface area contributed by atoms with Crippen molar-refractivity contribution in [1.29, 1.82) is 0 Å². The van der Waals surface area contributed by atoms with Crippen LogP contribution < -0.4 is 5.32 Å². The number of nitrogens with one attached hydrogen (secondary N) is 1. The van der Waals surface area contributed by atoms with Crippen molar-refractivity contribution >= 4 is 51.0 Å². The van der Waals surface area contributed by atoms with Crippen molar-refractivity contribution in [3.63, 3.8) is 0 Å². The largest absolute Gasteiger partial charge is 0.458 e. The molecule has 1 unspecified atom stereocenters. The standard InChI is InChI=1S/C24H22Cl2N2O4/c25-16-3-4-20-15(9-16)11-23(31-20)24(30)27-18-5-7-28(8-6-18)13-19(29)22-10-14-1-2-17(26)12-21(14)32-22/h1-4,9-12,18-19,29H,5-8,13H2,(H,27,30). The molecule has 1 saturated heterocycles. The number of β-amino-alcohol motifs (C(OH)–C–C–N with tert-alkyl or cyclic N) is 1. The van der Waals surface area contributed by atoms with Crippen LogP contribution in [0.5, 0.6) is 0 Å². The Morgan fingerprint density at radius 1 is 1.00 bits per heavy atom. The molecule has 1 aliphatic heterocycles. The number of halogens is 2. The Morgan fingerprint density at radius 3 is 2.56 bits per heavy atom. The molecule has 0 aliphatic carbocycles. The lowest BCUT2D eigenvalue weighted by atomic mass is 10.0. The molecular formula is C24H22Cl2N2O4. The molecule has 2 aromatic heterocycles. The molecule has 166 valence electrons. The van der Waals surface area contributed by atoms with Crippen LogP contribution in [0.4, 0.5) is 0 Å². The SMILES string of the molecule is O=C(NC1CCN(CC(O)c2cc3ccc(Cl)cc3o2)CC1)c1cc2cc(Cl)ccc2o1. The highest BCUT2D eigenvalue weighted by Gasteiger charge is 2.25. The molecule has 0 radical (unpaired) electrons. The maximum atomic E-state index is 12.6. The molecule has 0 bridgehead atoms. The highest BCUT2D eigenvalue weighted by atomic mass is 35.5. The molecule has 0 saturated carbocycles. The summed E-state index contributed by atoms with van der Waals surface area (Å²) in [5.41, 5.74) is 1.30. The normalized spacial score (nSPS) is 16.6. The Labute approximate surface area is 194 Å². The number of nitrogens with zero attached hydrogens (tertiary/aromatic N) is 1. The maximum Gasteiger partial charge on any atom is 0.287 e. The predicted molar refractivity (Wildman–Crippen MR) is 124 cm³/mol. The minimum atomic E-state index is -0.727. The first-order valence-electron chi connectivity index (χ1n) is 10.5. The van der Waals surface area contributed by atoms with Gasteiger partial charge in [0.25, 0.3) is 5.91 Å². The Balaban J connectivity index is 1.15. The van der Waals surface area contributed by atoms with E-state index in [0.29, 0.717) is 33.5 Å². The number of hydrogen-bond acceptors (Lipinski definition) is 5. The number of aliphatic hydroxyl groups is 1. The molecule has 1 amide bonds. The van der Waals surface area contributed by atoms with Crippen LogP contribution in [-0.2, 0) is 0 Å². The first-order chi connectivity index (χ1) is 15.4. The van der Waals surface area contributed by atoms with Gasteiger partial charge in [0.2, 0.25) is 0 Å². The van der Waals surface area contributed by atoms with Crippen LogP contribution in [0, 0.1) is 0 Å². The van der Waals surface area contributed by atoms with Gasteiger partial charge in [-0.15, -0.1) is 0 Å². The van der Waals surface area contributed by atoms with E-state index < -0.39 is 6.10 Å². The Kier molecular flexibility index (Phi) is 5.86. The number of fused-ring (bicyclic) bond motifs is 2. The number of amides is 1. The summed E-state index contributed by atoms with van der Waals surface area (Å²) in [5.74, 6) is 0.588. The lowest BCUT2D eigenvalue weighted by molar-refractivity contribution is 0.0746. The monoisotopic (exact) mass is 472 g/mol. The summed E-state index contributed by atoms with van der Waals surface area (Å²) in [7, 11) is 0. The second-order valence-electron chi connectivity index (χ2n) is 8.19. The summed E-state index contributed by atoms with van der Waals surface area (Å²) in [6, 6.07) is 14.3. The number of carbonyl (C=O) groups is 1. The first-order valence-corrected chi connectivity index (χ1v) is 11.3. The molecule has 1 aliphatic rings. The average Bonchev–Trinajstić information content (AvgIpc) is 3.38. The Bertz CT molecular complexity index is 1270. The van der Waals surface area contributed by atoms with E-state index in [0.717, 1.165) is 36.7 Å². The number of aliphatic hydroxyl groups excluding tert-OH is 1. The molecule has 32 heavy (non-hydrogen) atoms. The second-order valence-corrected chi connectivity index (χ2v) is 9.06. The van der Waals surface area contributed by atoms with E-state index in [4.69, 9.17) is 32.0 Å². The first kappa shape index (κ1) is 21.3. The highest BCUT2D eigenvalue weighted by Crippen LogP contribution is 2.28. The average molecular weight is 473 g/mol. The molecule has 5 rings (SSSR count). The number of likely N-dealkylation sites (tertiary alicyclic amines) is 1. The van der Waals surface area contributed by atoms with Crippen LogP contribution in [0.3, 0.4) is 0 Å². The van der Waals surface area contributed by atoms with Crippen LogP contribution in [0.25, 0.3) is 21.9 Å². The third-order valence-corrected chi connectivity index (χ3v) is 6.36. The van der Waals surface area contributed by atoms with Gasteiger partial charge in [0.05, 0.1) is 0 Å². The topological polar surface area (TPSA) is 78.9 Å². The van der Waals surface area contributed by atoms with Crippen LogP contribution in [-0.4, -0.2) is 41.6 Å². The van der Waals surface area contributed by atoms with Gasteiger partial charge < -0.3 is 24.2 Å². The third kappa shape index (κ3) is 4.50. The van der Waals surface area contributed by atoms with Crippen molar-refractivity contribution < 1.29 is 18.7 Å². The summed E-state index contributed by atoms with van der Waals surface area (Å²) in [4.78, 5) is 14.8. The van der Waals surface area contributed by atoms with Crippen LogP contribution in [0.15, 0.2) is 57.4 Å². The number of benzene rings is 2. The molecule has 6 nitrogen and oxygen atoms in total. The van der Waals surface area contributed by atoms with Gasteiger partial charge in [0, 0.05) is 52.6 Å². The number of rotatable bonds is 5. The minimum Gasteiger partial charge on any atom is -0.458 e. The summed E-state index contributed by atoms with van der Waals surface area (Å²) in [6.45, 7) is 2.01. The lowest BCUT2D eigenvalue weighted by Crippen LogP contribution is -2.45. The van der Waals surface area contributed by atoms with Crippen molar-refractivity contribution in [1.82, 2.24) is 10.2 Å². The molecule has 2 aromatic carbocycles. The van der Waals surface area contributed by atoms with Gasteiger partial charge in [-0.1, -0.05) is 23.2 Å². The van der Waals surface area contributed by atoms with E-state index in [1.807, 2.05) is 12.1 Å². The van der Waals surface area contributed by atoms with Gasteiger partial charge in [0.15, 0.2) is 5.76 Å².